The monoisotopic (exact) mass is 429 g/mol. The molecule has 1 atom stereocenters. The maximum absolute atomic E-state index is 12.8. The molecule has 2 N–H and O–H groups in total. The highest BCUT2D eigenvalue weighted by Crippen LogP contribution is 2.32. The van der Waals surface area contributed by atoms with Crippen molar-refractivity contribution in [1.82, 2.24) is 9.97 Å². The predicted molar refractivity (Wildman–Crippen MR) is 112 cm³/mol. The lowest BCUT2D eigenvalue weighted by Gasteiger charge is -2.21. The molecule has 0 bridgehead atoms. The van der Waals surface area contributed by atoms with Crippen molar-refractivity contribution in [2.45, 2.75) is 32.5 Å². The molecule has 0 aliphatic rings. The number of aromatic nitrogens is 2. The third-order valence-electron chi connectivity index (χ3n) is 4.77. The SMILES string of the molecule is CC(C)CC(Nc1ncc(C(=O)O)cn1)c1ccc(-c2ccc(C(F)(F)F)cc2)cc1. The van der Waals surface area contributed by atoms with Gasteiger partial charge in [-0.1, -0.05) is 50.2 Å². The summed E-state index contributed by atoms with van der Waals surface area (Å²) in [4.78, 5) is 19.1. The first-order valence-corrected chi connectivity index (χ1v) is 9.73. The summed E-state index contributed by atoms with van der Waals surface area (Å²) in [5, 5.41) is 12.2. The van der Waals surface area contributed by atoms with Crippen LogP contribution in [0.4, 0.5) is 19.1 Å². The first kappa shape index (κ1) is 22.3. The first-order valence-electron chi connectivity index (χ1n) is 9.73. The molecule has 0 spiro atoms. The molecule has 0 aliphatic heterocycles. The second-order valence-corrected chi connectivity index (χ2v) is 7.62. The van der Waals surface area contributed by atoms with E-state index in [0.717, 1.165) is 29.7 Å². The summed E-state index contributed by atoms with van der Waals surface area (Å²) in [6.07, 6.45) is -1.08. The van der Waals surface area contributed by atoms with E-state index in [4.69, 9.17) is 5.11 Å². The highest BCUT2D eigenvalue weighted by Gasteiger charge is 2.30. The largest absolute Gasteiger partial charge is 0.478 e. The van der Waals surface area contributed by atoms with Gasteiger partial charge >= 0.3 is 12.1 Å². The number of nitrogens with one attached hydrogen (secondary N) is 1. The van der Waals surface area contributed by atoms with Crippen molar-refractivity contribution in [3.8, 4) is 11.1 Å². The number of carboxylic acids is 1. The summed E-state index contributed by atoms with van der Waals surface area (Å²) >= 11 is 0. The second-order valence-electron chi connectivity index (χ2n) is 7.62. The van der Waals surface area contributed by atoms with Gasteiger partial charge in [-0.3, -0.25) is 0 Å². The Bertz CT molecular complexity index is 1020. The van der Waals surface area contributed by atoms with Crippen LogP contribution in [-0.2, 0) is 6.18 Å². The highest BCUT2D eigenvalue weighted by molar-refractivity contribution is 5.86. The van der Waals surface area contributed by atoms with Crippen LogP contribution in [0.25, 0.3) is 11.1 Å². The van der Waals surface area contributed by atoms with E-state index >= 15 is 0 Å². The number of benzene rings is 2. The van der Waals surface area contributed by atoms with Crippen LogP contribution in [0.1, 0.15) is 47.8 Å². The van der Waals surface area contributed by atoms with Gasteiger partial charge in [-0.2, -0.15) is 13.2 Å². The zero-order valence-corrected chi connectivity index (χ0v) is 17.0. The van der Waals surface area contributed by atoms with E-state index in [0.29, 0.717) is 17.4 Å². The van der Waals surface area contributed by atoms with Crippen molar-refractivity contribution in [3.05, 3.63) is 77.6 Å². The van der Waals surface area contributed by atoms with Crippen LogP contribution >= 0.6 is 0 Å². The minimum Gasteiger partial charge on any atom is -0.478 e. The van der Waals surface area contributed by atoms with Gasteiger partial charge in [0, 0.05) is 12.4 Å². The zero-order valence-electron chi connectivity index (χ0n) is 17.0. The van der Waals surface area contributed by atoms with Crippen molar-refractivity contribution in [2.24, 2.45) is 5.92 Å². The Labute approximate surface area is 178 Å². The lowest BCUT2D eigenvalue weighted by atomic mass is 9.95. The fourth-order valence-electron chi connectivity index (χ4n) is 3.18. The topological polar surface area (TPSA) is 75.1 Å². The van der Waals surface area contributed by atoms with Gasteiger partial charge in [0.2, 0.25) is 5.95 Å². The minimum absolute atomic E-state index is 0.00635. The number of rotatable bonds is 7. The molecule has 162 valence electrons. The van der Waals surface area contributed by atoms with Crippen LogP contribution < -0.4 is 5.32 Å². The number of halogens is 3. The fraction of sp³-hybridized carbons (Fsp3) is 0.261. The third-order valence-corrected chi connectivity index (χ3v) is 4.77. The van der Waals surface area contributed by atoms with Gasteiger partial charge in [-0.05, 0) is 41.2 Å². The summed E-state index contributed by atoms with van der Waals surface area (Å²) in [5.41, 5.74) is 1.80. The predicted octanol–water partition coefficient (Wildman–Crippen LogP) is 6.06. The van der Waals surface area contributed by atoms with Crippen LogP contribution in [0, 0.1) is 5.92 Å². The molecule has 0 aliphatic carbocycles. The van der Waals surface area contributed by atoms with E-state index in [2.05, 4.69) is 29.1 Å². The number of hydrogen-bond donors (Lipinski definition) is 2. The Morgan fingerprint density at radius 2 is 1.48 bits per heavy atom. The summed E-state index contributed by atoms with van der Waals surface area (Å²) in [6, 6.07) is 12.5. The molecule has 0 amide bonds. The molecule has 0 saturated heterocycles. The van der Waals surface area contributed by atoms with E-state index in [-0.39, 0.29) is 11.6 Å². The fourth-order valence-corrected chi connectivity index (χ4v) is 3.18. The Morgan fingerprint density at radius 3 is 1.94 bits per heavy atom. The normalized spacial score (nSPS) is 12.6. The molecule has 0 saturated carbocycles. The maximum Gasteiger partial charge on any atom is 0.416 e. The smallest absolute Gasteiger partial charge is 0.416 e. The Balaban J connectivity index is 1.79. The number of anilines is 1. The summed E-state index contributed by atoms with van der Waals surface area (Å²) < 4.78 is 38.3. The molecule has 3 aromatic rings. The van der Waals surface area contributed by atoms with Gasteiger partial charge in [0.1, 0.15) is 0 Å². The van der Waals surface area contributed by atoms with E-state index in [1.807, 2.05) is 24.3 Å². The number of alkyl halides is 3. The Morgan fingerprint density at radius 1 is 0.968 bits per heavy atom. The van der Waals surface area contributed by atoms with E-state index in [9.17, 15) is 18.0 Å². The van der Waals surface area contributed by atoms with Crippen molar-refractivity contribution in [2.75, 3.05) is 5.32 Å². The quantitative estimate of drug-likeness (QED) is 0.478. The van der Waals surface area contributed by atoms with Gasteiger partial charge in [0.25, 0.3) is 0 Å². The minimum atomic E-state index is -4.36. The Kier molecular flexibility index (Phi) is 6.58. The highest BCUT2D eigenvalue weighted by atomic mass is 19.4. The van der Waals surface area contributed by atoms with Crippen molar-refractivity contribution < 1.29 is 23.1 Å². The summed E-state index contributed by atoms with van der Waals surface area (Å²) in [7, 11) is 0. The molecule has 3 rings (SSSR count). The molecule has 1 unspecified atom stereocenters. The Hall–Kier alpha value is -3.42. The lowest BCUT2D eigenvalue weighted by molar-refractivity contribution is -0.137. The van der Waals surface area contributed by atoms with Crippen molar-refractivity contribution in [3.63, 3.8) is 0 Å². The van der Waals surface area contributed by atoms with Crippen LogP contribution in [0.5, 0.6) is 0 Å². The van der Waals surface area contributed by atoms with Crippen LogP contribution in [0.3, 0.4) is 0 Å². The molecule has 2 aromatic carbocycles. The molecule has 0 fully saturated rings. The van der Waals surface area contributed by atoms with Crippen LogP contribution in [0.2, 0.25) is 0 Å². The molecule has 31 heavy (non-hydrogen) atoms. The third kappa shape index (κ3) is 5.81. The van der Waals surface area contributed by atoms with Gasteiger partial charge in [0.15, 0.2) is 0 Å². The molecular formula is C23H22F3N3O2. The van der Waals surface area contributed by atoms with E-state index in [1.165, 1.54) is 24.5 Å². The van der Waals surface area contributed by atoms with Gasteiger partial charge in [0.05, 0.1) is 17.2 Å². The number of carbonyl (C=O) groups is 1. The standard InChI is InChI=1S/C23H22F3N3O2/c1-14(2)11-20(29-22-27-12-18(13-28-22)21(30)31)17-5-3-15(4-6-17)16-7-9-19(10-8-16)23(24,25)26/h3-10,12-14,20H,11H2,1-2H3,(H,30,31)(H,27,28,29). The van der Waals surface area contributed by atoms with E-state index < -0.39 is 17.7 Å². The van der Waals surface area contributed by atoms with Crippen LogP contribution in [-0.4, -0.2) is 21.0 Å². The number of nitrogens with zero attached hydrogens (tertiary/aromatic N) is 2. The van der Waals surface area contributed by atoms with Gasteiger partial charge < -0.3 is 10.4 Å². The molecule has 1 aromatic heterocycles. The summed E-state index contributed by atoms with van der Waals surface area (Å²) in [5.74, 6) is -0.406. The van der Waals surface area contributed by atoms with Crippen LogP contribution in [0.15, 0.2) is 60.9 Å². The van der Waals surface area contributed by atoms with Gasteiger partial charge in [-0.15, -0.1) is 0 Å². The first-order chi connectivity index (χ1) is 14.6. The number of carboxylic acid groups (broad SMARTS) is 1. The zero-order chi connectivity index (χ0) is 22.6. The molecule has 1 heterocycles. The average Bonchev–Trinajstić information content (AvgIpc) is 2.73. The van der Waals surface area contributed by atoms with E-state index in [1.54, 1.807) is 0 Å². The molecule has 0 radical (unpaired) electrons. The van der Waals surface area contributed by atoms with Crippen molar-refractivity contribution >= 4 is 11.9 Å². The lowest BCUT2D eigenvalue weighted by Crippen LogP contribution is -2.15. The molecular weight excluding hydrogens is 407 g/mol. The maximum atomic E-state index is 12.8. The number of hydrogen-bond acceptors (Lipinski definition) is 4. The average molecular weight is 429 g/mol. The molecule has 5 nitrogen and oxygen atoms in total. The van der Waals surface area contributed by atoms with Crippen molar-refractivity contribution in [1.29, 1.82) is 0 Å². The second kappa shape index (κ2) is 9.16. The number of aromatic carboxylic acids is 1. The van der Waals surface area contributed by atoms with Gasteiger partial charge in [-0.25, -0.2) is 14.8 Å². The molecule has 8 heteroatoms. The summed E-state index contributed by atoms with van der Waals surface area (Å²) in [6.45, 7) is 4.17.